The summed E-state index contributed by atoms with van der Waals surface area (Å²) in [5.41, 5.74) is 1.53. The van der Waals surface area contributed by atoms with Crippen LogP contribution in [0.4, 0.5) is 10.5 Å². The molecular formula is C18H21N3O2S. The molecule has 2 fully saturated rings. The number of carbonyl (C=O) groups is 1. The van der Waals surface area contributed by atoms with E-state index in [1.165, 1.54) is 4.88 Å². The summed E-state index contributed by atoms with van der Waals surface area (Å²) in [6, 6.07) is 4.22. The normalized spacial score (nSPS) is 20.9. The Labute approximate surface area is 145 Å². The molecule has 6 heteroatoms. The maximum absolute atomic E-state index is 12.7. The van der Waals surface area contributed by atoms with E-state index in [0.717, 1.165) is 49.4 Å². The smallest absolute Gasteiger partial charge is 0.322 e. The van der Waals surface area contributed by atoms with E-state index < -0.39 is 0 Å². The van der Waals surface area contributed by atoms with Crippen molar-refractivity contribution in [2.75, 3.05) is 11.9 Å². The molecule has 1 aliphatic heterocycles. The van der Waals surface area contributed by atoms with Crippen LogP contribution in [0.25, 0.3) is 6.08 Å². The van der Waals surface area contributed by atoms with Gasteiger partial charge < -0.3 is 14.7 Å². The first-order valence-corrected chi connectivity index (χ1v) is 9.36. The fraction of sp³-hybridized carbons (Fsp3) is 0.444. The van der Waals surface area contributed by atoms with Crippen LogP contribution in [0.2, 0.25) is 0 Å². The number of nitrogens with one attached hydrogen (secondary N) is 1. The van der Waals surface area contributed by atoms with Gasteiger partial charge in [0.05, 0.1) is 6.04 Å². The second-order valence-corrected chi connectivity index (χ2v) is 7.47. The van der Waals surface area contributed by atoms with Crippen LogP contribution in [0, 0.1) is 6.92 Å². The van der Waals surface area contributed by atoms with Crippen molar-refractivity contribution < 1.29 is 9.32 Å². The van der Waals surface area contributed by atoms with Gasteiger partial charge in [0.1, 0.15) is 11.4 Å². The van der Waals surface area contributed by atoms with Crippen LogP contribution in [0.1, 0.15) is 47.9 Å². The van der Waals surface area contributed by atoms with Crippen molar-refractivity contribution in [1.82, 2.24) is 10.1 Å². The molecule has 2 aromatic heterocycles. The van der Waals surface area contributed by atoms with Crippen molar-refractivity contribution in [2.45, 2.75) is 44.6 Å². The third-order valence-electron chi connectivity index (χ3n) is 4.66. The first-order valence-electron chi connectivity index (χ1n) is 8.48. The van der Waals surface area contributed by atoms with Gasteiger partial charge in [0.25, 0.3) is 0 Å². The van der Waals surface area contributed by atoms with E-state index in [1.54, 1.807) is 11.3 Å². The Morgan fingerprint density at radius 3 is 3.08 bits per heavy atom. The van der Waals surface area contributed by atoms with E-state index in [2.05, 4.69) is 34.1 Å². The van der Waals surface area contributed by atoms with Crippen molar-refractivity contribution in [2.24, 2.45) is 0 Å². The van der Waals surface area contributed by atoms with E-state index in [9.17, 15) is 4.79 Å². The Hall–Kier alpha value is -2.08. The largest absolute Gasteiger partial charge is 0.359 e. The highest BCUT2D eigenvalue weighted by atomic mass is 32.1. The Morgan fingerprint density at radius 2 is 2.33 bits per heavy atom. The number of aryl methyl sites for hydroxylation is 1. The molecular weight excluding hydrogens is 322 g/mol. The number of urea groups is 1. The predicted molar refractivity (Wildman–Crippen MR) is 95.3 cm³/mol. The number of thiophene rings is 1. The molecule has 0 spiro atoms. The second kappa shape index (κ2) is 6.43. The molecule has 1 saturated carbocycles. The van der Waals surface area contributed by atoms with Gasteiger partial charge in [-0.25, -0.2) is 4.79 Å². The fourth-order valence-electron chi connectivity index (χ4n) is 3.18. The lowest BCUT2D eigenvalue weighted by molar-refractivity contribution is 0.214. The van der Waals surface area contributed by atoms with Gasteiger partial charge in [0, 0.05) is 17.3 Å². The van der Waals surface area contributed by atoms with E-state index in [1.807, 2.05) is 17.9 Å². The van der Waals surface area contributed by atoms with Crippen LogP contribution >= 0.6 is 11.3 Å². The fourth-order valence-corrected chi connectivity index (χ4v) is 3.81. The van der Waals surface area contributed by atoms with Crippen LogP contribution in [0.15, 0.2) is 28.1 Å². The summed E-state index contributed by atoms with van der Waals surface area (Å²) in [6.45, 7) is 2.66. The van der Waals surface area contributed by atoms with Crippen molar-refractivity contribution in [3.05, 3.63) is 39.9 Å². The minimum absolute atomic E-state index is 0.0541. The second-order valence-electron chi connectivity index (χ2n) is 6.49. The molecule has 1 N–H and O–H groups in total. The Bertz CT molecular complexity index is 746. The number of anilines is 1. The number of hydrogen-bond donors (Lipinski definition) is 1. The third-order valence-corrected chi connectivity index (χ3v) is 5.49. The highest BCUT2D eigenvalue weighted by molar-refractivity contribution is 7.10. The minimum atomic E-state index is -0.0541. The number of carbonyl (C=O) groups excluding carboxylic acids is 1. The molecule has 5 nitrogen and oxygen atoms in total. The predicted octanol–water partition coefficient (Wildman–Crippen LogP) is 4.63. The molecule has 0 radical (unpaired) electrons. The van der Waals surface area contributed by atoms with Crippen molar-refractivity contribution in [3.8, 4) is 0 Å². The molecule has 1 aliphatic carbocycles. The molecule has 126 valence electrons. The molecule has 2 amide bonds. The highest BCUT2D eigenvalue weighted by Crippen LogP contribution is 2.44. The van der Waals surface area contributed by atoms with Crippen LogP contribution in [0.3, 0.4) is 0 Å². The number of amides is 2. The number of aromatic nitrogens is 1. The average Bonchev–Trinajstić information content (AvgIpc) is 3.00. The topological polar surface area (TPSA) is 58.4 Å². The summed E-state index contributed by atoms with van der Waals surface area (Å²) in [5.74, 6) is 1.26. The molecule has 3 heterocycles. The number of hydrogen-bond acceptors (Lipinski definition) is 4. The minimum Gasteiger partial charge on any atom is -0.359 e. The lowest BCUT2D eigenvalue weighted by Gasteiger charge is -2.22. The quantitative estimate of drug-likeness (QED) is 0.880. The summed E-state index contributed by atoms with van der Waals surface area (Å²) >= 11 is 1.71. The molecule has 0 bridgehead atoms. The number of rotatable bonds is 4. The standard InChI is InChI=1S/C18H21N3O2S/c1-12-16(17(23-20-12)13-6-7-13)19-18(22)21-10-2-4-14(21)8-9-15-5-3-11-24-15/h3,5,8-9,11,13-14H,2,4,6-7,10H2,1H3,(H,19,22)/b9-8+. The molecule has 2 aromatic rings. The van der Waals surface area contributed by atoms with Crippen LogP contribution < -0.4 is 5.32 Å². The van der Waals surface area contributed by atoms with Gasteiger partial charge in [0.2, 0.25) is 0 Å². The van der Waals surface area contributed by atoms with Gasteiger partial charge in [-0.2, -0.15) is 0 Å². The van der Waals surface area contributed by atoms with E-state index in [4.69, 9.17) is 4.52 Å². The summed E-state index contributed by atoms with van der Waals surface area (Å²) in [7, 11) is 0. The van der Waals surface area contributed by atoms with Crippen molar-refractivity contribution in [3.63, 3.8) is 0 Å². The Balaban J connectivity index is 1.46. The first kappa shape index (κ1) is 15.4. The lowest BCUT2D eigenvalue weighted by Crippen LogP contribution is -2.38. The van der Waals surface area contributed by atoms with Gasteiger partial charge in [-0.1, -0.05) is 17.3 Å². The summed E-state index contributed by atoms with van der Waals surface area (Å²) in [6.07, 6.45) is 8.53. The lowest BCUT2D eigenvalue weighted by atomic mass is 10.2. The zero-order valence-corrected chi connectivity index (χ0v) is 14.5. The van der Waals surface area contributed by atoms with Gasteiger partial charge in [0.15, 0.2) is 5.76 Å². The molecule has 2 aliphatic rings. The zero-order valence-electron chi connectivity index (χ0n) is 13.7. The molecule has 1 atom stereocenters. The van der Waals surface area contributed by atoms with Gasteiger partial charge >= 0.3 is 6.03 Å². The number of nitrogens with zero attached hydrogens (tertiary/aromatic N) is 2. The highest BCUT2D eigenvalue weighted by Gasteiger charge is 2.34. The maximum atomic E-state index is 12.7. The van der Waals surface area contributed by atoms with Gasteiger partial charge in [-0.3, -0.25) is 0 Å². The molecule has 1 saturated heterocycles. The van der Waals surface area contributed by atoms with Crippen LogP contribution in [-0.4, -0.2) is 28.7 Å². The first-order chi connectivity index (χ1) is 11.7. The van der Waals surface area contributed by atoms with Crippen molar-refractivity contribution >= 4 is 29.1 Å². The Morgan fingerprint density at radius 1 is 1.46 bits per heavy atom. The summed E-state index contributed by atoms with van der Waals surface area (Å²) in [5, 5.41) is 9.13. The van der Waals surface area contributed by atoms with Gasteiger partial charge in [-0.15, -0.1) is 11.3 Å². The average molecular weight is 343 g/mol. The SMILES string of the molecule is Cc1noc(C2CC2)c1NC(=O)N1CCCC1/C=C/c1cccs1. The van der Waals surface area contributed by atoms with Crippen LogP contribution in [-0.2, 0) is 0 Å². The van der Waals surface area contributed by atoms with Gasteiger partial charge in [-0.05, 0) is 50.1 Å². The van der Waals surface area contributed by atoms with Crippen LogP contribution in [0.5, 0.6) is 0 Å². The van der Waals surface area contributed by atoms with E-state index in [0.29, 0.717) is 5.92 Å². The van der Waals surface area contributed by atoms with E-state index >= 15 is 0 Å². The zero-order chi connectivity index (χ0) is 16.5. The maximum Gasteiger partial charge on any atom is 0.322 e. The third kappa shape index (κ3) is 3.11. The molecule has 1 unspecified atom stereocenters. The van der Waals surface area contributed by atoms with E-state index in [-0.39, 0.29) is 12.1 Å². The summed E-state index contributed by atoms with van der Waals surface area (Å²) in [4.78, 5) is 15.9. The molecule has 4 rings (SSSR count). The Kier molecular flexibility index (Phi) is 4.14. The monoisotopic (exact) mass is 343 g/mol. The van der Waals surface area contributed by atoms with Crippen molar-refractivity contribution in [1.29, 1.82) is 0 Å². The summed E-state index contributed by atoms with van der Waals surface area (Å²) < 4.78 is 5.41. The molecule has 24 heavy (non-hydrogen) atoms. The number of likely N-dealkylation sites (tertiary alicyclic amines) is 1. The molecule has 0 aromatic carbocycles.